The van der Waals surface area contributed by atoms with E-state index < -0.39 is 0 Å². The smallest absolute Gasteiger partial charge is 0.322 e. The van der Waals surface area contributed by atoms with E-state index in [-0.39, 0.29) is 18.7 Å². The number of aromatic nitrogens is 1. The molecule has 0 bridgehead atoms. The first-order valence-corrected chi connectivity index (χ1v) is 7.84. The summed E-state index contributed by atoms with van der Waals surface area (Å²) in [7, 11) is 0. The van der Waals surface area contributed by atoms with Crippen molar-refractivity contribution < 1.29 is 9.90 Å². The van der Waals surface area contributed by atoms with Gasteiger partial charge in [0, 0.05) is 31.0 Å². The SMILES string of the molecule is CCCn1ccc2ccc(NC(=O)N(CCO)C(C)C)cc21. The Balaban J connectivity index is 2.20. The van der Waals surface area contributed by atoms with Gasteiger partial charge in [-0.15, -0.1) is 0 Å². The number of carbonyl (C=O) groups is 1. The zero-order valence-electron chi connectivity index (χ0n) is 13.5. The molecule has 22 heavy (non-hydrogen) atoms. The summed E-state index contributed by atoms with van der Waals surface area (Å²) in [5, 5.41) is 13.2. The number of aliphatic hydroxyl groups is 1. The Kier molecular flexibility index (Phi) is 5.44. The average molecular weight is 303 g/mol. The van der Waals surface area contributed by atoms with Crippen molar-refractivity contribution in [2.24, 2.45) is 0 Å². The number of amides is 2. The van der Waals surface area contributed by atoms with Crippen LogP contribution in [0.4, 0.5) is 10.5 Å². The van der Waals surface area contributed by atoms with Gasteiger partial charge in [-0.05, 0) is 43.9 Å². The van der Waals surface area contributed by atoms with Gasteiger partial charge in [-0.1, -0.05) is 13.0 Å². The van der Waals surface area contributed by atoms with Crippen molar-refractivity contribution in [1.82, 2.24) is 9.47 Å². The van der Waals surface area contributed by atoms with Crippen molar-refractivity contribution in [3.05, 3.63) is 30.5 Å². The van der Waals surface area contributed by atoms with E-state index in [1.54, 1.807) is 4.90 Å². The topological polar surface area (TPSA) is 57.5 Å². The third-order valence-electron chi connectivity index (χ3n) is 3.71. The first-order chi connectivity index (χ1) is 10.6. The molecular weight excluding hydrogens is 278 g/mol. The third kappa shape index (κ3) is 3.60. The second-order valence-corrected chi connectivity index (χ2v) is 5.72. The highest BCUT2D eigenvalue weighted by molar-refractivity contribution is 5.93. The molecule has 0 aliphatic heterocycles. The summed E-state index contributed by atoms with van der Waals surface area (Å²) >= 11 is 0. The molecule has 0 fully saturated rings. The lowest BCUT2D eigenvalue weighted by Crippen LogP contribution is -2.41. The van der Waals surface area contributed by atoms with E-state index >= 15 is 0 Å². The van der Waals surface area contributed by atoms with Crippen molar-refractivity contribution in [3.63, 3.8) is 0 Å². The minimum absolute atomic E-state index is 0.0377. The van der Waals surface area contributed by atoms with Crippen LogP contribution in [0.3, 0.4) is 0 Å². The Hall–Kier alpha value is -2.01. The summed E-state index contributed by atoms with van der Waals surface area (Å²) in [5.74, 6) is 0. The van der Waals surface area contributed by atoms with E-state index in [1.807, 2.05) is 32.0 Å². The maximum atomic E-state index is 12.3. The van der Waals surface area contributed by atoms with Crippen LogP contribution in [0.15, 0.2) is 30.5 Å². The summed E-state index contributed by atoms with van der Waals surface area (Å²) in [6.45, 7) is 7.27. The van der Waals surface area contributed by atoms with Gasteiger partial charge in [-0.3, -0.25) is 0 Å². The Morgan fingerprint density at radius 2 is 2.14 bits per heavy atom. The molecule has 0 unspecified atom stereocenters. The van der Waals surface area contributed by atoms with Crippen LogP contribution >= 0.6 is 0 Å². The quantitative estimate of drug-likeness (QED) is 0.860. The minimum atomic E-state index is -0.183. The molecule has 1 aromatic heterocycles. The second kappa shape index (κ2) is 7.31. The maximum Gasteiger partial charge on any atom is 0.322 e. The third-order valence-corrected chi connectivity index (χ3v) is 3.71. The Morgan fingerprint density at radius 1 is 1.36 bits per heavy atom. The molecule has 0 saturated heterocycles. The average Bonchev–Trinajstić information content (AvgIpc) is 2.87. The van der Waals surface area contributed by atoms with Crippen molar-refractivity contribution in [2.75, 3.05) is 18.5 Å². The van der Waals surface area contributed by atoms with Crippen LogP contribution in [0.1, 0.15) is 27.2 Å². The Bertz CT molecular complexity index is 634. The van der Waals surface area contributed by atoms with Gasteiger partial charge in [0.25, 0.3) is 0 Å². The molecule has 2 amide bonds. The van der Waals surface area contributed by atoms with E-state index in [0.717, 1.165) is 24.2 Å². The number of hydrogen-bond acceptors (Lipinski definition) is 2. The molecule has 0 aliphatic carbocycles. The summed E-state index contributed by atoms with van der Waals surface area (Å²) in [6.07, 6.45) is 3.14. The van der Waals surface area contributed by atoms with Crippen LogP contribution in [0, 0.1) is 0 Å². The number of aliphatic hydroxyl groups excluding tert-OH is 1. The molecule has 120 valence electrons. The van der Waals surface area contributed by atoms with Gasteiger partial charge in [0.1, 0.15) is 0 Å². The molecular formula is C17H25N3O2. The predicted octanol–water partition coefficient (Wildman–Crippen LogP) is 3.29. The molecule has 0 radical (unpaired) electrons. The Morgan fingerprint density at radius 3 is 2.77 bits per heavy atom. The number of fused-ring (bicyclic) bond motifs is 1. The summed E-state index contributed by atoms with van der Waals surface area (Å²) in [6, 6.07) is 7.87. The number of benzene rings is 1. The zero-order valence-corrected chi connectivity index (χ0v) is 13.5. The van der Waals surface area contributed by atoms with Gasteiger partial charge in [0.15, 0.2) is 0 Å². The van der Waals surface area contributed by atoms with Crippen LogP contribution in [-0.4, -0.2) is 39.8 Å². The van der Waals surface area contributed by atoms with Gasteiger partial charge in [-0.2, -0.15) is 0 Å². The molecule has 1 heterocycles. The largest absolute Gasteiger partial charge is 0.395 e. The van der Waals surface area contributed by atoms with Gasteiger partial charge < -0.3 is 19.9 Å². The van der Waals surface area contributed by atoms with Crippen molar-refractivity contribution in [2.45, 2.75) is 39.8 Å². The zero-order chi connectivity index (χ0) is 16.1. The van der Waals surface area contributed by atoms with Crippen molar-refractivity contribution >= 4 is 22.6 Å². The predicted molar refractivity (Wildman–Crippen MR) is 90.2 cm³/mol. The molecule has 0 aliphatic rings. The van der Waals surface area contributed by atoms with Gasteiger partial charge in [0.05, 0.1) is 12.1 Å². The lowest BCUT2D eigenvalue weighted by molar-refractivity contribution is 0.172. The molecule has 0 saturated carbocycles. The number of rotatable bonds is 6. The maximum absolute atomic E-state index is 12.3. The molecule has 0 spiro atoms. The highest BCUT2D eigenvalue weighted by Gasteiger charge is 2.16. The fourth-order valence-electron chi connectivity index (χ4n) is 2.59. The highest BCUT2D eigenvalue weighted by atomic mass is 16.3. The number of anilines is 1. The fourth-order valence-corrected chi connectivity index (χ4v) is 2.59. The summed E-state index contributed by atoms with van der Waals surface area (Å²) < 4.78 is 2.19. The van der Waals surface area contributed by atoms with E-state index in [9.17, 15) is 4.79 Å². The standard InChI is InChI=1S/C17H25N3O2/c1-4-8-19-9-7-14-5-6-15(12-16(14)19)18-17(22)20(10-11-21)13(2)3/h5-7,9,12-13,21H,4,8,10-11H2,1-3H3,(H,18,22). The number of urea groups is 1. The van der Waals surface area contributed by atoms with Crippen LogP contribution < -0.4 is 5.32 Å². The molecule has 2 N–H and O–H groups in total. The molecule has 5 nitrogen and oxygen atoms in total. The molecule has 1 aromatic carbocycles. The van der Waals surface area contributed by atoms with Crippen molar-refractivity contribution in [3.8, 4) is 0 Å². The number of nitrogens with one attached hydrogen (secondary N) is 1. The Labute approximate surface area is 131 Å². The first-order valence-electron chi connectivity index (χ1n) is 7.84. The van der Waals surface area contributed by atoms with Crippen LogP contribution in [0.2, 0.25) is 0 Å². The monoisotopic (exact) mass is 303 g/mol. The van der Waals surface area contributed by atoms with Crippen LogP contribution in [-0.2, 0) is 6.54 Å². The number of aryl methyl sites for hydroxylation is 1. The number of nitrogens with zero attached hydrogens (tertiary/aromatic N) is 2. The molecule has 5 heteroatoms. The molecule has 2 aromatic rings. The van der Waals surface area contributed by atoms with E-state index in [1.165, 1.54) is 5.39 Å². The van der Waals surface area contributed by atoms with Crippen LogP contribution in [0.25, 0.3) is 10.9 Å². The lowest BCUT2D eigenvalue weighted by Gasteiger charge is -2.26. The van der Waals surface area contributed by atoms with Crippen LogP contribution in [0.5, 0.6) is 0 Å². The minimum Gasteiger partial charge on any atom is -0.395 e. The summed E-state index contributed by atoms with van der Waals surface area (Å²) in [4.78, 5) is 13.9. The van der Waals surface area contributed by atoms with Gasteiger partial charge in [0.2, 0.25) is 0 Å². The normalized spacial score (nSPS) is 11.1. The van der Waals surface area contributed by atoms with E-state index in [0.29, 0.717) is 6.54 Å². The summed E-state index contributed by atoms with van der Waals surface area (Å²) in [5.41, 5.74) is 1.90. The van der Waals surface area contributed by atoms with E-state index in [4.69, 9.17) is 5.11 Å². The van der Waals surface area contributed by atoms with Gasteiger partial charge >= 0.3 is 6.03 Å². The molecule has 2 rings (SSSR count). The van der Waals surface area contributed by atoms with Gasteiger partial charge in [-0.25, -0.2) is 4.79 Å². The number of hydrogen-bond donors (Lipinski definition) is 2. The fraction of sp³-hybridized carbons (Fsp3) is 0.471. The molecule has 0 atom stereocenters. The first kappa shape index (κ1) is 16.4. The number of carbonyl (C=O) groups excluding carboxylic acids is 1. The highest BCUT2D eigenvalue weighted by Crippen LogP contribution is 2.21. The van der Waals surface area contributed by atoms with Crippen molar-refractivity contribution in [1.29, 1.82) is 0 Å². The second-order valence-electron chi connectivity index (χ2n) is 5.72. The lowest BCUT2D eigenvalue weighted by atomic mass is 10.2. The van der Waals surface area contributed by atoms with E-state index in [2.05, 4.69) is 29.1 Å².